The molecule has 0 unspecified atom stereocenters. The van der Waals surface area contributed by atoms with Crippen LogP contribution in [-0.4, -0.2) is 44.4 Å². The Kier molecular flexibility index (Phi) is 5.60. The van der Waals surface area contributed by atoms with Crippen LogP contribution in [0.15, 0.2) is 57.8 Å². The van der Waals surface area contributed by atoms with Crippen LogP contribution in [0.4, 0.5) is 5.69 Å². The van der Waals surface area contributed by atoms with Gasteiger partial charge in [-0.1, -0.05) is 29.8 Å². The molecule has 0 atom stereocenters. The van der Waals surface area contributed by atoms with E-state index < -0.39 is 21.7 Å². The van der Waals surface area contributed by atoms with Crippen LogP contribution in [0.25, 0.3) is 0 Å². The van der Waals surface area contributed by atoms with Crippen LogP contribution < -0.4 is 5.32 Å². The van der Waals surface area contributed by atoms with Gasteiger partial charge in [0.1, 0.15) is 5.84 Å². The summed E-state index contributed by atoms with van der Waals surface area (Å²) in [6.07, 6.45) is 1.51. The highest BCUT2D eigenvalue weighted by Crippen LogP contribution is 2.19. The number of nitrogens with one attached hydrogen (secondary N) is 1. The number of aryl methyl sites for hydroxylation is 1. The molecule has 28 heavy (non-hydrogen) atoms. The summed E-state index contributed by atoms with van der Waals surface area (Å²) in [7, 11) is -2.01. The van der Waals surface area contributed by atoms with Crippen molar-refractivity contribution in [3.63, 3.8) is 0 Å². The van der Waals surface area contributed by atoms with Crippen LogP contribution in [0, 0.1) is 6.92 Å². The molecular weight excluding hydrogens is 378 g/mol. The van der Waals surface area contributed by atoms with Crippen LogP contribution >= 0.6 is 0 Å². The number of hydrogen-bond donors (Lipinski definition) is 1. The number of sulfonamides is 1. The Morgan fingerprint density at radius 2 is 1.68 bits per heavy atom. The zero-order valence-electron chi connectivity index (χ0n) is 15.7. The van der Waals surface area contributed by atoms with Gasteiger partial charge in [-0.3, -0.25) is 9.59 Å². The molecule has 0 aromatic heterocycles. The normalized spacial score (nSPS) is 15.6. The Morgan fingerprint density at radius 3 is 2.25 bits per heavy atom. The van der Waals surface area contributed by atoms with E-state index in [2.05, 4.69) is 9.71 Å². The minimum absolute atomic E-state index is 0.0307. The van der Waals surface area contributed by atoms with Crippen molar-refractivity contribution >= 4 is 33.2 Å². The van der Waals surface area contributed by atoms with Gasteiger partial charge in [0.2, 0.25) is 0 Å². The van der Waals surface area contributed by atoms with E-state index in [-0.39, 0.29) is 4.90 Å². The Balaban J connectivity index is 1.71. The van der Waals surface area contributed by atoms with Gasteiger partial charge >= 0.3 is 0 Å². The average Bonchev–Trinajstić information content (AvgIpc) is 3.06. The zero-order valence-corrected chi connectivity index (χ0v) is 16.5. The third-order valence-electron chi connectivity index (χ3n) is 4.49. The molecule has 1 aliphatic heterocycles. The number of amidine groups is 1. The molecule has 0 bridgehead atoms. The van der Waals surface area contributed by atoms with Gasteiger partial charge in [0.15, 0.2) is 0 Å². The maximum Gasteiger partial charge on any atom is 0.296 e. The van der Waals surface area contributed by atoms with E-state index in [1.165, 1.54) is 24.3 Å². The first-order chi connectivity index (χ1) is 13.3. The number of nitrogens with zero attached hydrogens (tertiary/aromatic N) is 2. The molecule has 146 valence electrons. The molecule has 1 N–H and O–H groups in total. The molecule has 0 aliphatic carbocycles. The fourth-order valence-corrected chi connectivity index (χ4v) is 3.93. The molecule has 1 aliphatic rings. The highest BCUT2D eigenvalue weighted by Gasteiger charge is 2.21. The SMILES string of the molecule is Cc1ccc(C(=O)C(=O)Nc2ccc(S(=O)(=O)N=C3CCCN3C)cc2)cc1. The topological polar surface area (TPSA) is 95.9 Å². The van der Waals surface area contributed by atoms with Crippen LogP contribution in [0.5, 0.6) is 0 Å². The van der Waals surface area contributed by atoms with E-state index in [9.17, 15) is 18.0 Å². The first kappa shape index (κ1) is 19.8. The third kappa shape index (κ3) is 4.45. The molecule has 0 radical (unpaired) electrons. The fraction of sp³-hybridized carbons (Fsp3) is 0.250. The average molecular weight is 399 g/mol. The van der Waals surface area contributed by atoms with Gasteiger partial charge in [0, 0.05) is 31.3 Å². The minimum atomic E-state index is -3.82. The molecule has 2 aromatic carbocycles. The van der Waals surface area contributed by atoms with Gasteiger partial charge < -0.3 is 10.2 Å². The van der Waals surface area contributed by atoms with Crippen molar-refractivity contribution in [3.05, 3.63) is 59.7 Å². The van der Waals surface area contributed by atoms with Crippen molar-refractivity contribution in [2.75, 3.05) is 18.9 Å². The molecule has 7 nitrogen and oxygen atoms in total. The number of carbonyl (C=O) groups is 2. The molecule has 2 aromatic rings. The fourth-order valence-electron chi connectivity index (χ4n) is 2.84. The molecule has 3 rings (SSSR count). The maximum absolute atomic E-state index is 12.4. The van der Waals surface area contributed by atoms with Gasteiger partial charge in [-0.25, -0.2) is 0 Å². The number of hydrogen-bond acceptors (Lipinski definition) is 4. The van der Waals surface area contributed by atoms with Crippen molar-refractivity contribution in [2.45, 2.75) is 24.7 Å². The molecule has 1 amide bonds. The summed E-state index contributed by atoms with van der Waals surface area (Å²) < 4.78 is 28.8. The third-order valence-corrected chi connectivity index (χ3v) is 5.81. The second-order valence-electron chi connectivity index (χ2n) is 6.68. The number of carbonyl (C=O) groups excluding carboxylic acids is 2. The predicted octanol–water partition coefficient (Wildman–Crippen LogP) is 2.63. The highest BCUT2D eigenvalue weighted by atomic mass is 32.2. The summed E-state index contributed by atoms with van der Waals surface area (Å²) in [5.41, 5.74) is 1.61. The molecule has 0 saturated carbocycles. The molecule has 0 spiro atoms. The molecule has 1 heterocycles. The van der Waals surface area contributed by atoms with Crippen molar-refractivity contribution in [3.8, 4) is 0 Å². The molecule has 1 saturated heterocycles. The van der Waals surface area contributed by atoms with E-state index in [1.54, 1.807) is 24.3 Å². The Hall–Kier alpha value is -3.00. The van der Waals surface area contributed by atoms with Crippen LogP contribution in [0.2, 0.25) is 0 Å². The summed E-state index contributed by atoms with van der Waals surface area (Å²) in [4.78, 5) is 26.2. The van der Waals surface area contributed by atoms with Crippen molar-refractivity contribution in [1.29, 1.82) is 0 Å². The lowest BCUT2D eigenvalue weighted by atomic mass is 10.1. The zero-order chi connectivity index (χ0) is 20.3. The second kappa shape index (κ2) is 7.93. The standard InChI is InChI=1S/C20H21N3O4S/c1-14-5-7-15(8-6-14)19(24)20(25)21-16-9-11-17(12-10-16)28(26,27)22-18-4-3-13-23(18)2/h5-12H,3-4,13H2,1-2H3,(H,21,25). The van der Waals surface area contributed by atoms with Gasteiger partial charge in [-0.05, 0) is 37.6 Å². The van der Waals surface area contributed by atoms with E-state index in [4.69, 9.17) is 0 Å². The van der Waals surface area contributed by atoms with Crippen molar-refractivity contribution in [1.82, 2.24) is 4.90 Å². The number of Topliss-reactive ketones (excluding diaryl/α,β-unsaturated/α-hetero) is 1. The second-order valence-corrected chi connectivity index (χ2v) is 8.29. The Bertz CT molecular complexity index is 1030. The number of benzene rings is 2. The minimum Gasteiger partial charge on any atom is -0.362 e. The van der Waals surface area contributed by atoms with Crippen LogP contribution in [0.1, 0.15) is 28.8 Å². The van der Waals surface area contributed by atoms with Gasteiger partial charge in [-0.15, -0.1) is 4.40 Å². The monoisotopic (exact) mass is 399 g/mol. The molecule has 8 heteroatoms. The van der Waals surface area contributed by atoms with Gasteiger partial charge in [-0.2, -0.15) is 8.42 Å². The first-order valence-corrected chi connectivity index (χ1v) is 10.3. The number of ketones is 1. The Labute approximate surface area is 164 Å². The molecular formula is C20H21N3O4S. The highest BCUT2D eigenvalue weighted by molar-refractivity contribution is 7.90. The van der Waals surface area contributed by atoms with Crippen LogP contribution in [0.3, 0.4) is 0 Å². The van der Waals surface area contributed by atoms with E-state index in [0.29, 0.717) is 23.5 Å². The largest absolute Gasteiger partial charge is 0.362 e. The lowest BCUT2D eigenvalue weighted by Gasteiger charge is -2.11. The number of rotatable bonds is 5. The quantitative estimate of drug-likeness (QED) is 0.616. The summed E-state index contributed by atoms with van der Waals surface area (Å²) in [6, 6.07) is 12.3. The van der Waals surface area contributed by atoms with Crippen LogP contribution in [-0.2, 0) is 14.8 Å². The maximum atomic E-state index is 12.4. The number of anilines is 1. The lowest BCUT2D eigenvalue weighted by Crippen LogP contribution is -2.22. The first-order valence-electron chi connectivity index (χ1n) is 8.84. The van der Waals surface area contributed by atoms with Crippen molar-refractivity contribution in [2.24, 2.45) is 4.40 Å². The smallest absolute Gasteiger partial charge is 0.296 e. The van der Waals surface area contributed by atoms with E-state index in [1.807, 2.05) is 18.9 Å². The summed E-state index contributed by atoms with van der Waals surface area (Å²) in [5.74, 6) is -0.902. The Morgan fingerprint density at radius 1 is 1.04 bits per heavy atom. The van der Waals surface area contributed by atoms with E-state index in [0.717, 1.165) is 18.5 Å². The van der Waals surface area contributed by atoms with Gasteiger partial charge in [0.05, 0.1) is 4.90 Å². The van der Waals surface area contributed by atoms with Gasteiger partial charge in [0.25, 0.3) is 21.7 Å². The van der Waals surface area contributed by atoms with E-state index >= 15 is 0 Å². The van der Waals surface area contributed by atoms with Crippen molar-refractivity contribution < 1.29 is 18.0 Å². The summed E-state index contributed by atoms with van der Waals surface area (Å²) in [5, 5.41) is 2.49. The number of amides is 1. The predicted molar refractivity (Wildman–Crippen MR) is 107 cm³/mol. The number of likely N-dealkylation sites (tertiary alicyclic amines) is 1. The molecule has 1 fully saturated rings. The summed E-state index contributed by atoms with van der Waals surface area (Å²) >= 11 is 0. The summed E-state index contributed by atoms with van der Waals surface area (Å²) in [6.45, 7) is 2.67. The lowest BCUT2D eigenvalue weighted by molar-refractivity contribution is -0.112.